The largest absolute Gasteiger partial charge is 0.355 e. The molecule has 1 aliphatic rings. The number of rotatable bonds is 6. The maximum Gasteiger partial charge on any atom is 0.223 e. The molecule has 2 atom stereocenters. The molecule has 3 rings (SSSR count). The lowest BCUT2D eigenvalue weighted by Crippen LogP contribution is -2.31. The van der Waals surface area contributed by atoms with Gasteiger partial charge in [0.2, 0.25) is 11.8 Å². The van der Waals surface area contributed by atoms with E-state index >= 15 is 0 Å². The van der Waals surface area contributed by atoms with Gasteiger partial charge in [-0.25, -0.2) is 4.98 Å². The van der Waals surface area contributed by atoms with Crippen molar-refractivity contribution in [1.82, 2.24) is 20.0 Å². The van der Waals surface area contributed by atoms with E-state index in [0.29, 0.717) is 19.0 Å². The molecule has 0 spiro atoms. The highest BCUT2D eigenvalue weighted by Gasteiger charge is 2.38. The highest BCUT2D eigenvalue weighted by atomic mass is 79.9. The van der Waals surface area contributed by atoms with Crippen molar-refractivity contribution < 1.29 is 9.59 Å². The van der Waals surface area contributed by atoms with Crippen molar-refractivity contribution in [3.05, 3.63) is 34.7 Å². The fourth-order valence-electron chi connectivity index (χ4n) is 2.50. The second-order valence-electron chi connectivity index (χ2n) is 5.98. The van der Waals surface area contributed by atoms with Crippen LogP contribution in [0.25, 0.3) is 5.65 Å². The van der Waals surface area contributed by atoms with Gasteiger partial charge in [0.05, 0.1) is 12.2 Å². The minimum Gasteiger partial charge on any atom is -0.355 e. The summed E-state index contributed by atoms with van der Waals surface area (Å²) in [6.07, 6.45) is 5.05. The van der Waals surface area contributed by atoms with Crippen LogP contribution < -0.4 is 10.6 Å². The number of hydrogen-bond donors (Lipinski definition) is 2. The van der Waals surface area contributed by atoms with E-state index in [9.17, 15) is 9.59 Å². The first-order valence-electron chi connectivity index (χ1n) is 7.70. The predicted octanol–water partition coefficient (Wildman–Crippen LogP) is 1.88. The van der Waals surface area contributed by atoms with Gasteiger partial charge in [-0.3, -0.25) is 9.59 Å². The van der Waals surface area contributed by atoms with Crippen molar-refractivity contribution in [2.45, 2.75) is 26.3 Å². The molecule has 2 heterocycles. The predicted molar refractivity (Wildman–Crippen MR) is 89.6 cm³/mol. The van der Waals surface area contributed by atoms with Crippen LogP contribution in [0.15, 0.2) is 29.0 Å². The number of imidazole rings is 1. The van der Waals surface area contributed by atoms with E-state index in [1.54, 1.807) is 0 Å². The molecule has 0 aliphatic heterocycles. The van der Waals surface area contributed by atoms with Gasteiger partial charge >= 0.3 is 0 Å². The van der Waals surface area contributed by atoms with Crippen LogP contribution in [0.4, 0.5) is 0 Å². The van der Waals surface area contributed by atoms with Crippen molar-refractivity contribution in [2.24, 2.45) is 11.8 Å². The number of hydrogen-bond acceptors (Lipinski definition) is 3. The molecule has 23 heavy (non-hydrogen) atoms. The zero-order chi connectivity index (χ0) is 16.4. The normalized spacial score (nSPS) is 19.6. The molecule has 0 bridgehead atoms. The van der Waals surface area contributed by atoms with Crippen LogP contribution in [-0.2, 0) is 16.1 Å². The summed E-state index contributed by atoms with van der Waals surface area (Å²) in [6, 6.07) is 3.83. The minimum atomic E-state index is -0.0904. The Kier molecular flexibility index (Phi) is 4.66. The van der Waals surface area contributed by atoms with Gasteiger partial charge in [0.1, 0.15) is 5.65 Å². The van der Waals surface area contributed by atoms with Gasteiger partial charge in [-0.1, -0.05) is 6.92 Å². The molecule has 1 aliphatic carbocycles. The maximum atomic E-state index is 11.8. The van der Waals surface area contributed by atoms with Crippen molar-refractivity contribution in [3.8, 4) is 0 Å². The van der Waals surface area contributed by atoms with E-state index in [-0.39, 0.29) is 24.2 Å². The Morgan fingerprint density at radius 3 is 2.87 bits per heavy atom. The molecule has 122 valence electrons. The quantitative estimate of drug-likeness (QED) is 0.805. The third-order valence-electron chi connectivity index (χ3n) is 4.03. The lowest BCUT2D eigenvalue weighted by atomic mass is 10.3. The van der Waals surface area contributed by atoms with Crippen LogP contribution in [0.5, 0.6) is 0 Å². The molecular weight excluding hydrogens is 360 g/mol. The van der Waals surface area contributed by atoms with Crippen molar-refractivity contribution in [1.29, 1.82) is 0 Å². The lowest BCUT2D eigenvalue weighted by molar-refractivity contribution is -0.123. The molecule has 2 aromatic rings. The summed E-state index contributed by atoms with van der Waals surface area (Å²) >= 11 is 3.41. The van der Waals surface area contributed by atoms with E-state index in [1.165, 1.54) is 0 Å². The Balaban J connectivity index is 1.42. The summed E-state index contributed by atoms with van der Waals surface area (Å²) in [5, 5.41) is 5.63. The number of fused-ring (bicyclic) bond motifs is 1. The molecule has 0 saturated heterocycles. The summed E-state index contributed by atoms with van der Waals surface area (Å²) in [5.74, 6) is 0.609. The number of nitrogens with one attached hydrogen (secondary N) is 2. The average Bonchev–Trinajstić information content (AvgIpc) is 3.10. The Morgan fingerprint density at radius 2 is 2.13 bits per heavy atom. The first kappa shape index (κ1) is 16.0. The molecule has 2 aromatic heterocycles. The Labute approximate surface area is 142 Å². The van der Waals surface area contributed by atoms with Crippen molar-refractivity contribution >= 4 is 33.4 Å². The number of aromatic nitrogens is 2. The summed E-state index contributed by atoms with van der Waals surface area (Å²) in [6.45, 7) is 2.82. The van der Waals surface area contributed by atoms with Crippen LogP contribution in [0.1, 0.15) is 25.5 Å². The number of halogens is 1. The second-order valence-corrected chi connectivity index (χ2v) is 6.90. The molecule has 2 N–H and O–H groups in total. The number of carbonyl (C=O) groups excluding carboxylic acids is 2. The van der Waals surface area contributed by atoms with Crippen LogP contribution in [0, 0.1) is 11.8 Å². The molecule has 1 saturated carbocycles. The highest BCUT2D eigenvalue weighted by Crippen LogP contribution is 2.37. The molecular formula is C16H19BrN4O2. The first-order chi connectivity index (χ1) is 11.0. The number of amides is 2. The first-order valence-corrected chi connectivity index (χ1v) is 8.50. The lowest BCUT2D eigenvalue weighted by Gasteiger charge is -2.05. The summed E-state index contributed by atoms with van der Waals surface area (Å²) in [4.78, 5) is 27.9. The van der Waals surface area contributed by atoms with Gasteiger partial charge in [0, 0.05) is 35.7 Å². The van der Waals surface area contributed by atoms with Crippen molar-refractivity contribution in [3.63, 3.8) is 0 Å². The van der Waals surface area contributed by atoms with Gasteiger partial charge in [-0.05, 0) is 40.4 Å². The standard InChI is InChI=1S/C16H19BrN4O2/c1-10-6-13(10)16(23)18-5-4-15(22)19-7-12-9-21-8-11(17)2-3-14(21)20-12/h2-3,8-10,13H,4-7H2,1H3,(H,18,23)(H,19,22)/t10-,13-/m1/s1. The molecule has 0 unspecified atom stereocenters. The Morgan fingerprint density at radius 1 is 1.35 bits per heavy atom. The molecule has 0 aromatic carbocycles. The van der Waals surface area contributed by atoms with Gasteiger partial charge in [-0.2, -0.15) is 0 Å². The SMILES string of the molecule is C[C@@H]1C[C@H]1C(=O)NCCC(=O)NCc1cn2cc(Br)ccc2n1. The zero-order valence-corrected chi connectivity index (χ0v) is 14.5. The van der Waals surface area contributed by atoms with Crippen LogP contribution in [0.2, 0.25) is 0 Å². The summed E-state index contributed by atoms with van der Waals surface area (Å²) in [5.41, 5.74) is 1.63. The Hall–Kier alpha value is -1.89. The molecule has 6 nitrogen and oxygen atoms in total. The Bertz CT molecular complexity index is 743. The van der Waals surface area contributed by atoms with E-state index in [2.05, 4.69) is 38.5 Å². The third-order valence-corrected chi connectivity index (χ3v) is 4.50. The van der Waals surface area contributed by atoms with Gasteiger partial charge < -0.3 is 15.0 Å². The average molecular weight is 379 g/mol. The minimum absolute atomic E-state index is 0.0660. The molecule has 0 radical (unpaired) electrons. The monoisotopic (exact) mass is 378 g/mol. The van der Waals surface area contributed by atoms with Gasteiger partial charge in [0.25, 0.3) is 0 Å². The smallest absolute Gasteiger partial charge is 0.223 e. The van der Waals surface area contributed by atoms with Crippen LogP contribution in [-0.4, -0.2) is 27.7 Å². The number of nitrogens with zero attached hydrogens (tertiary/aromatic N) is 2. The summed E-state index contributed by atoms with van der Waals surface area (Å²) < 4.78 is 2.88. The van der Waals surface area contributed by atoms with Crippen LogP contribution in [0.3, 0.4) is 0 Å². The fourth-order valence-corrected chi connectivity index (χ4v) is 2.85. The summed E-state index contributed by atoms with van der Waals surface area (Å²) in [7, 11) is 0. The molecule has 2 amide bonds. The van der Waals surface area contributed by atoms with Gasteiger partial charge in [0.15, 0.2) is 0 Å². The van der Waals surface area contributed by atoms with E-state index in [0.717, 1.165) is 22.2 Å². The van der Waals surface area contributed by atoms with Gasteiger partial charge in [-0.15, -0.1) is 0 Å². The molecule has 1 fully saturated rings. The third kappa shape index (κ3) is 4.10. The molecule has 7 heteroatoms. The maximum absolute atomic E-state index is 11.8. The van der Waals surface area contributed by atoms with E-state index in [1.807, 2.05) is 28.9 Å². The van der Waals surface area contributed by atoms with E-state index in [4.69, 9.17) is 0 Å². The van der Waals surface area contributed by atoms with E-state index < -0.39 is 0 Å². The zero-order valence-electron chi connectivity index (χ0n) is 12.9. The number of pyridine rings is 1. The fraction of sp³-hybridized carbons (Fsp3) is 0.438. The topological polar surface area (TPSA) is 75.5 Å². The van der Waals surface area contributed by atoms with Crippen molar-refractivity contribution in [2.75, 3.05) is 6.54 Å². The van der Waals surface area contributed by atoms with Crippen LogP contribution >= 0.6 is 15.9 Å². The number of carbonyl (C=O) groups is 2. The second kappa shape index (κ2) is 6.70. The highest BCUT2D eigenvalue weighted by molar-refractivity contribution is 9.10.